The maximum absolute atomic E-state index is 13.0. The van der Waals surface area contributed by atoms with Crippen molar-refractivity contribution in [2.24, 2.45) is 5.92 Å². The van der Waals surface area contributed by atoms with Crippen LogP contribution < -0.4 is 5.32 Å². The fourth-order valence-corrected chi connectivity index (χ4v) is 1.88. The molecule has 2 amide bonds. The highest BCUT2D eigenvalue weighted by Crippen LogP contribution is 2.19. The van der Waals surface area contributed by atoms with Gasteiger partial charge in [-0.2, -0.15) is 0 Å². The van der Waals surface area contributed by atoms with Gasteiger partial charge in [-0.1, -0.05) is 6.07 Å². The number of imide groups is 1. The van der Waals surface area contributed by atoms with Crippen molar-refractivity contribution in [3.8, 4) is 0 Å². The fourth-order valence-electron chi connectivity index (χ4n) is 1.88. The lowest BCUT2D eigenvalue weighted by Crippen LogP contribution is -2.41. The van der Waals surface area contributed by atoms with Crippen LogP contribution in [0.1, 0.15) is 18.4 Å². The number of rotatable bonds is 2. The molecule has 0 bridgehead atoms. The van der Waals surface area contributed by atoms with Gasteiger partial charge in [-0.25, -0.2) is 8.78 Å². The number of hydrogen-bond acceptors (Lipinski definition) is 2. The molecule has 90 valence electrons. The molecule has 1 aromatic rings. The van der Waals surface area contributed by atoms with Crippen molar-refractivity contribution in [3.63, 3.8) is 0 Å². The summed E-state index contributed by atoms with van der Waals surface area (Å²) < 4.78 is 25.7. The van der Waals surface area contributed by atoms with E-state index >= 15 is 0 Å². The molecule has 0 aliphatic carbocycles. The molecule has 1 atom stereocenters. The lowest BCUT2D eigenvalue weighted by atomic mass is 9.91. The summed E-state index contributed by atoms with van der Waals surface area (Å²) >= 11 is 0. The summed E-state index contributed by atoms with van der Waals surface area (Å²) in [5, 5.41) is 2.23. The molecule has 3 nitrogen and oxygen atoms in total. The van der Waals surface area contributed by atoms with Gasteiger partial charge in [0.1, 0.15) is 0 Å². The molecule has 2 rings (SSSR count). The van der Waals surface area contributed by atoms with Crippen molar-refractivity contribution in [2.45, 2.75) is 19.3 Å². The third kappa shape index (κ3) is 2.67. The summed E-state index contributed by atoms with van der Waals surface area (Å²) in [6, 6.07) is 3.57. The summed E-state index contributed by atoms with van der Waals surface area (Å²) in [7, 11) is 0. The van der Waals surface area contributed by atoms with E-state index in [1.54, 1.807) is 0 Å². The highest BCUT2D eigenvalue weighted by molar-refractivity contribution is 5.98. The summed E-state index contributed by atoms with van der Waals surface area (Å²) in [6.45, 7) is 0. The first kappa shape index (κ1) is 11.7. The quantitative estimate of drug-likeness (QED) is 0.796. The van der Waals surface area contributed by atoms with Gasteiger partial charge in [0.2, 0.25) is 11.8 Å². The van der Waals surface area contributed by atoms with Crippen LogP contribution in [0.5, 0.6) is 0 Å². The molecule has 5 heteroatoms. The maximum Gasteiger partial charge on any atom is 0.230 e. The van der Waals surface area contributed by atoms with Gasteiger partial charge in [0.15, 0.2) is 11.6 Å². The predicted octanol–water partition coefficient (Wildman–Crippen LogP) is 1.56. The Morgan fingerprint density at radius 1 is 1.24 bits per heavy atom. The Bertz CT molecular complexity index is 474. The second-order valence-corrected chi connectivity index (χ2v) is 4.10. The molecular formula is C12H11F2NO2. The Morgan fingerprint density at radius 2 is 2.00 bits per heavy atom. The first-order valence-electron chi connectivity index (χ1n) is 5.34. The Kier molecular flexibility index (Phi) is 3.17. The number of hydrogen-bond donors (Lipinski definition) is 1. The van der Waals surface area contributed by atoms with Crippen LogP contribution in [0, 0.1) is 17.6 Å². The number of benzene rings is 1. The number of nitrogens with one attached hydrogen (secondary N) is 1. The lowest BCUT2D eigenvalue weighted by Gasteiger charge is -2.20. The lowest BCUT2D eigenvalue weighted by molar-refractivity contribution is -0.136. The summed E-state index contributed by atoms with van der Waals surface area (Å²) in [5.41, 5.74) is 0.554. The van der Waals surface area contributed by atoms with Crippen LogP contribution in [-0.4, -0.2) is 11.8 Å². The van der Waals surface area contributed by atoms with Gasteiger partial charge in [-0.05, 0) is 30.5 Å². The van der Waals surface area contributed by atoms with E-state index < -0.39 is 11.6 Å². The van der Waals surface area contributed by atoms with Crippen molar-refractivity contribution < 1.29 is 18.4 Å². The predicted molar refractivity (Wildman–Crippen MR) is 55.9 cm³/mol. The standard InChI is InChI=1S/C12H11F2NO2/c13-9-3-1-7(6-10(9)14)5-8-2-4-11(16)15-12(8)17/h1,3,6,8H,2,4-5H2,(H,15,16,17). The second kappa shape index (κ2) is 4.61. The first-order valence-corrected chi connectivity index (χ1v) is 5.34. The Hall–Kier alpha value is -1.78. The van der Waals surface area contributed by atoms with Gasteiger partial charge in [0, 0.05) is 12.3 Å². The number of amides is 2. The Morgan fingerprint density at radius 3 is 2.65 bits per heavy atom. The maximum atomic E-state index is 13.0. The van der Waals surface area contributed by atoms with E-state index in [0.717, 1.165) is 12.1 Å². The molecule has 0 aromatic heterocycles. The number of carbonyl (C=O) groups is 2. The topological polar surface area (TPSA) is 46.2 Å². The summed E-state index contributed by atoms with van der Waals surface area (Å²) in [6.07, 6.45) is 1.06. The minimum atomic E-state index is -0.921. The fraction of sp³-hybridized carbons (Fsp3) is 0.333. The van der Waals surface area contributed by atoms with Crippen molar-refractivity contribution in [1.82, 2.24) is 5.32 Å². The number of piperidine rings is 1. The average molecular weight is 239 g/mol. The van der Waals surface area contributed by atoms with Crippen LogP contribution in [0.2, 0.25) is 0 Å². The van der Waals surface area contributed by atoms with Crippen LogP contribution in [0.4, 0.5) is 8.78 Å². The summed E-state index contributed by atoms with van der Waals surface area (Å²) in [5.74, 6) is -2.80. The highest BCUT2D eigenvalue weighted by atomic mass is 19.2. The van der Waals surface area contributed by atoms with Crippen molar-refractivity contribution >= 4 is 11.8 Å². The van der Waals surface area contributed by atoms with E-state index in [9.17, 15) is 18.4 Å². The van der Waals surface area contributed by atoms with Crippen LogP contribution in [0.25, 0.3) is 0 Å². The van der Waals surface area contributed by atoms with E-state index in [1.807, 2.05) is 0 Å². The molecule has 1 fully saturated rings. The zero-order chi connectivity index (χ0) is 12.4. The third-order valence-corrected chi connectivity index (χ3v) is 2.82. The van der Waals surface area contributed by atoms with Crippen molar-refractivity contribution in [3.05, 3.63) is 35.4 Å². The van der Waals surface area contributed by atoms with E-state index in [1.165, 1.54) is 6.07 Å². The van der Waals surface area contributed by atoms with Gasteiger partial charge < -0.3 is 0 Å². The smallest absolute Gasteiger partial charge is 0.230 e. The minimum Gasteiger partial charge on any atom is -0.296 e. The monoisotopic (exact) mass is 239 g/mol. The zero-order valence-corrected chi connectivity index (χ0v) is 9.00. The number of carbonyl (C=O) groups excluding carboxylic acids is 2. The molecule has 1 saturated heterocycles. The van der Waals surface area contributed by atoms with Gasteiger partial charge in [-0.3, -0.25) is 14.9 Å². The SMILES string of the molecule is O=C1CCC(Cc2ccc(F)c(F)c2)C(=O)N1. The third-order valence-electron chi connectivity index (χ3n) is 2.82. The molecule has 0 spiro atoms. The molecule has 1 aliphatic heterocycles. The van der Waals surface area contributed by atoms with Gasteiger partial charge in [0.25, 0.3) is 0 Å². The molecule has 17 heavy (non-hydrogen) atoms. The molecule has 1 heterocycles. The van der Waals surface area contributed by atoms with Crippen LogP contribution in [0.15, 0.2) is 18.2 Å². The van der Waals surface area contributed by atoms with E-state index in [2.05, 4.69) is 5.32 Å². The van der Waals surface area contributed by atoms with Crippen LogP contribution in [0.3, 0.4) is 0 Å². The highest BCUT2D eigenvalue weighted by Gasteiger charge is 2.26. The van der Waals surface area contributed by atoms with Gasteiger partial charge in [0.05, 0.1) is 0 Å². The summed E-state index contributed by atoms with van der Waals surface area (Å²) in [4.78, 5) is 22.4. The van der Waals surface area contributed by atoms with Crippen LogP contribution >= 0.6 is 0 Å². The van der Waals surface area contributed by atoms with E-state index in [0.29, 0.717) is 24.8 Å². The molecule has 1 unspecified atom stereocenters. The minimum absolute atomic E-state index is 0.281. The van der Waals surface area contributed by atoms with Gasteiger partial charge in [-0.15, -0.1) is 0 Å². The molecule has 1 aliphatic rings. The van der Waals surface area contributed by atoms with Gasteiger partial charge >= 0.3 is 0 Å². The molecular weight excluding hydrogens is 228 g/mol. The average Bonchev–Trinajstić information content (AvgIpc) is 2.27. The Balaban J connectivity index is 2.08. The van der Waals surface area contributed by atoms with Crippen LogP contribution in [-0.2, 0) is 16.0 Å². The molecule has 0 saturated carbocycles. The first-order chi connectivity index (χ1) is 8.06. The largest absolute Gasteiger partial charge is 0.296 e. The number of halogens is 2. The molecule has 1 aromatic carbocycles. The van der Waals surface area contributed by atoms with Crippen molar-refractivity contribution in [1.29, 1.82) is 0 Å². The molecule has 1 N–H and O–H groups in total. The van der Waals surface area contributed by atoms with Crippen molar-refractivity contribution in [2.75, 3.05) is 0 Å². The Labute approximate surface area is 96.8 Å². The normalized spacial score (nSPS) is 20.2. The zero-order valence-electron chi connectivity index (χ0n) is 9.00. The van der Waals surface area contributed by atoms with E-state index in [4.69, 9.17) is 0 Å². The molecule has 0 radical (unpaired) electrons. The second-order valence-electron chi connectivity index (χ2n) is 4.10. The van der Waals surface area contributed by atoms with E-state index in [-0.39, 0.29) is 17.7 Å².